The zero-order chi connectivity index (χ0) is 42.4. The lowest BCUT2D eigenvalue weighted by Gasteiger charge is -2.33. The number of aliphatic hydroxyl groups is 1. The molecule has 1 aromatic heterocycles. The van der Waals surface area contributed by atoms with E-state index in [4.69, 9.17) is 15.0 Å². The second-order valence-corrected chi connectivity index (χ2v) is 17.4. The fourth-order valence-corrected chi connectivity index (χ4v) is 8.20. The van der Waals surface area contributed by atoms with Crippen LogP contribution in [0, 0.1) is 19.3 Å². The molecule has 3 amide bonds. The molecule has 0 bridgehead atoms. The van der Waals surface area contributed by atoms with Crippen LogP contribution in [0.4, 0.5) is 0 Å². The molecule has 2 fully saturated rings. The summed E-state index contributed by atoms with van der Waals surface area (Å²) in [5, 5.41) is 21.1. The molecule has 3 unspecified atom stereocenters. The lowest BCUT2D eigenvalue weighted by Crippen LogP contribution is -2.58. The summed E-state index contributed by atoms with van der Waals surface area (Å²) in [5.41, 5.74) is 9.40. The molecule has 58 heavy (non-hydrogen) atoms. The molecule has 2 aromatic carbocycles. The maximum absolute atomic E-state index is 14.1. The van der Waals surface area contributed by atoms with E-state index in [0.717, 1.165) is 16.7 Å². The Labute approximate surface area is 339 Å². The van der Waals surface area contributed by atoms with E-state index >= 15 is 0 Å². The maximum atomic E-state index is 14.1. The molecule has 6 atom stereocenters. The summed E-state index contributed by atoms with van der Waals surface area (Å²) in [6.07, 6.45) is -2.52. The summed E-state index contributed by atoms with van der Waals surface area (Å²) in [4.78, 5) is 85.6. The van der Waals surface area contributed by atoms with E-state index in [9.17, 15) is 33.9 Å². The minimum absolute atomic E-state index is 0.0672. The van der Waals surface area contributed by atoms with Gasteiger partial charge in [-0.15, -0.1) is 11.8 Å². The maximum Gasteiger partial charge on any atom is 0.330 e. The number of thioether (sulfide) groups is 1. The van der Waals surface area contributed by atoms with Gasteiger partial charge in [-0.3, -0.25) is 33.5 Å². The molecule has 310 valence electrons. The Morgan fingerprint density at radius 2 is 1.79 bits per heavy atom. The first kappa shape index (κ1) is 43.7. The highest BCUT2D eigenvalue weighted by molar-refractivity contribution is 8.00. The van der Waals surface area contributed by atoms with Crippen LogP contribution >= 0.6 is 11.8 Å². The van der Waals surface area contributed by atoms with E-state index in [1.165, 1.54) is 48.2 Å². The molecule has 5 rings (SSSR count). The third-order valence-electron chi connectivity index (χ3n) is 10.5. The lowest BCUT2D eigenvalue weighted by molar-refractivity contribution is -0.161. The van der Waals surface area contributed by atoms with Gasteiger partial charge in [0.2, 0.25) is 11.8 Å². The molecule has 18 heteroatoms. The van der Waals surface area contributed by atoms with Crippen molar-refractivity contribution in [1.29, 1.82) is 0 Å². The van der Waals surface area contributed by atoms with Crippen molar-refractivity contribution < 1.29 is 33.8 Å². The molecule has 3 heterocycles. The molecule has 0 radical (unpaired) electrons. The van der Waals surface area contributed by atoms with Crippen molar-refractivity contribution in [2.24, 2.45) is 10.5 Å². The normalized spacial score (nSPS) is 21.1. The van der Waals surface area contributed by atoms with E-state index in [-0.39, 0.29) is 43.3 Å². The number of nitrogens with zero attached hydrogens (tertiary/aromatic N) is 5. The van der Waals surface area contributed by atoms with Crippen molar-refractivity contribution in [1.82, 2.24) is 25.1 Å². The zero-order valence-corrected chi connectivity index (χ0v) is 34.2. The first-order chi connectivity index (χ1) is 27.4. The highest BCUT2D eigenvalue weighted by atomic mass is 32.2. The van der Waals surface area contributed by atoms with Crippen LogP contribution in [-0.2, 0) is 41.6 Å². The van der Waals surface area contributed by atoms with E-state index < -0.39 is 82.2 Å². The highest BCUT2D eigenvalue weighted by Crippen LogP contribution is 2.40. The number of aromatic nitrogens is 2. The quantitative estimate of drug-likeness (QED) is 0.0756. The predicted molar refractivity (Wildman–Crippen MR) is 215 cm³/mol. The number of esters is 1. The van der Waals surface area contributed by atoms with Crippen molar-refractivity contribution in [2.75, 3.05) is 12.5 Å². The molecule has 2 aliphatic rings. The summed E-state index contributed by atoms with van der Waals surface area (Å²) >= 11 is 1.41. The van der Waals surface area contributed by atoms with Gasteiger partial charge in [-0.05, 0) is 70.2 Å². The second-order valence-electron chi connectivity index (χ2n) is 15.8. The van der Waals surface area contributed by atoms with Gasteiger partial charge in [-0.25, -0.2) is 4.79 Å². The molecular formula is C40H50N8O9S. The van der Waals surface area contributed by atoms with Gasteiger partial charge < -0.3 is 30.1 Å². The average molecular weight is 819 g/mol. The van der Waals surface area contributed by atoms with Crippen molar-refractivity contribution in [3.63, 3.8) is 0 Å². The van der Waals surface area contributed by atoms with E-state index in [1.54, 1.807) is 24.3 Å². The van der Waals surface area contributed by atoms with E-state index in [1.807, 2.05) is 51.1 Å². The van der Waals surface area contributed by atoms with Crippen LogP contribution in [-0.4, -0.2) is 90.8 Å². The van der Waals surface area contributed by atoms with E-state index in [2.05, 4.69) is 25.6 Å². The van der Waals surface area contributed by atoms with Crippen molar-refractivity contribution >= 4 is 35.5 Å². The van der Waals surface area contributed by atoms with Crippen molar-refractivity contribution in [3.8, 4) is 0 Å². The minimum Gasteiger partial charge on any atom is -0.462 e. The summed E-state index contributed by atoms with van der Waals surface area (Å²) in [5.74, 6) is -2.37. The molecule has 2 aliphatic heterocycles. The molecule has 3 aromatic rings. The second kappa shape index (κ2) is 18.4. The number of aryl methyl sites for hydroxylation is 2. The van der Waals surface area contributed by atoms with Gasteiger partial charge in [0.05, 0.1) is 23.4 Å². The summed E-state index contributed by atoms with van der Waals surface area (Å²) in [6, 6.07) is 13.8. The number of aromatic amines is 1. The minimum atomic E-state index is -1.75. The number of benzene rings is 2. The van der Waals surface area contributed by atoms with Crippen LogP contribution in [0.3, 0.4) is 0 Å². The number of azide groups is 1. The molecule has 0 saturated carbocycles. The molecular weight excluding hydrogens is 769 g/mol. The number of aliphatic hydroxyl groups excluding tert-OH is 1. The standard InChI is InChI=1S/C40H50N8O9S/c1-23-12-10-11-15-26(23)19-42-35(52)33-40(5,6)58-22-48(33)36(53)32(50)28(16-25-13-8-7-9-14-25)43-30(49)18-39(3,4)37(54)56-21-29-27(45-46-41)17-31(57-29)47-20-24(2)34(51)44-38(47)55/h7-15,20,27-29,31-33,50H,16-19,21-22H2,1-6H3,(H,42,52)(H,43,49)(H,44,51,55)/t27?,28-,29?,31?,32-,33-/m1/s1. The summed E-state index contributed by atoms with van der Waals surface area (Å²) < 4.78 is 12.0. The van der Waals surface area contributed by atoms with Crippen LogP contribution in [0.2, 0.25) is 0 Å². The number of amides is 3. The molecule has 2 saturated heterocycles. The van der Waals surface area contributed by atoms with Gasteiger partial charge in [0, 0.05) is 40.8 Å². The van der Waals surface area contributed by atoms with Gasteiger partial charge in [0.15, 0.2) is 6.10 Å². The number of ether oxygens (including phenoxy) is 2. The molecule has 17 nitrogen and oxygen atoms in total. The Morgan fingerprint density at radius 3 is 2.48 bits per heavy atom. The Kier molecular flexibility index (Phi) is 13.9. The fourth-order valence-electron chi connectivity index (χ4n) is 7.06. The summed E-state index contributed by atoms with van der Waals surface area (Å²) in [7, 11) is 0. The van der Waals surface area contributed by atoms with Crippen molar-refractivity contribution in [3.05, 3.63) is 114 Å². The largest absolute Gasteiger partial charge is 0.462 e. The number of rotatable bonds is 15. The van der Waals surface area contributed by atoms with E-state index in [0.29, 0.717) is 0 Å². The number of carbonyl (C=O) groups is 4. The fraction of sp³-hybridized carbons (Fsp3) is 0.500. The lowest BCUT2D eigenvalue weighted by atomic mass is 9.88. The number of carbonyl (C=O) groups excluding carboxylic acids is 4. The SMILES string of the molecule is Cc1ccccc1CNC(=O)[C@H]1N(C(=O)[C@H](O)[C@@H](Cc2ccccc2)NC(=O)CC(C)(C)C(=O)OCC2OC(n3cc(C)c(=O)[nH]c3=O)CC2N=[N+]=[N-])CSC1(C)C. The monoisotopic (exact) mass is 818 g/mol. The van der Waals surface area contributed by atoms with Gasteiger partial charge in [0.1, 0.15) is 25.0 Å². The van der Waals surface area contributed by atoms with Crippen LogP contribution < -0.4 is 21.9 Å². The molecule has 0 spiro atoms. The van der Waals surface area contributed by atoms with Crippen LogP contribution in [0.1, 0.15) is 69.0 Å². The van der Waals surface area contributed by atoms with Crippen LogP contribution in [0.25, 0.3) is 10.4 Å². The Balaban J connectivity index is 1.25. The topological polar surface area (TPSA) is 238 Å². The Bertz CT molecular complexity index is 2170. The predicted octanol–water partition coefficient (Wildman–Crippen LogP) is 3.16. The molecule has 4 N–H and O–H groups in total. The zero-order valence-electron chi connectivity index (χ0n) is 33.3. The molecule has 0 aliphatic carbocycles. The third kappa shape index (κ3) is 10.4. The van der Waals surface area contributed by atoms with Gasteiger partial charge in [-0.1, -0.05) is 59.7 Å². The smallest absolute Gasteiger partial charge is 0.330 e. The average Bonchev–Trinajstić information content (AvgIpc) is 3.73. The number of hydrogen-bond donors (Lipinski definition) is 4. The van der Waals surface area contributed by atoms with Crippen molar-refractivity contribution in [2.45, 2.75) is 109 Å². The van der Waals surface area contributed by atoms with Gasteiger partial charge >= 0.3 is 11.7 Å². The number of nitrogens with one attached hydrogen (secondary N) is 3. The summed E-state index contributed by atoms with van der Waals surface area (Å²) in [6.45, 7) is 10.1. The highest BCUT2D eigenvalue weighted by Gasteiger charge is 2.50. The number of H-pyrrole nitrogens is 1. The van der Waals surface area contributed by atoms with Gasteiger partial charge in [-0.2, -0.15) is 0 Å². The number of hydrogen-bond acceptors (Lipinski definition) is 11. The Morgan fingerprint density at radius 1 is 1.10 bits per heavy atom. The Hall–Kier alpha value is -5.42. The third-order valence-corrected chi connectivity index (χ3v) is 11.8. The first-order valence-electron chi connectivity index (χ1n) is 18.9. The first-order valence-corrected chi connectivity index (χ1v) is 19.9. The van der Waals surface area contributed by atoms with Crippen LogP contribution in [0.5, 0.6) is 0 Å². The van der Waals surface area contributed by atoms with Gasteiger partial charge in [0.25, 0.3) is 11.5 Å². The van der Waals surface area contributed by atoms with Crippen LogP contribution in [0.15, 0.2) is 75.5 Å².